The lowest BCUT2D eigenvalue weighted by atomic mass is 9.87. The van der Waals surface area contributed by atoms with Crippen molar-refractivity contribution in [2.45, 2.75) is 39.5 Å². The van der Waals surface area contributed by atoms with E-state index in [1.165, 1.54) is 5.56 Å². The Labute approximate surface area is 109 Å². The Morgan fingerprint density at radius 2 is 1.78 bits per heavy atom. The predicted octanol–water partition coefficient (Wildman–Crippen LogP) is 3.32. The van der Waals surface area contributed by atoms with Gasteiger partial charge in [-0.3, -0.25) is 0 Å². The Kier molecular flexibility index (Phi) is 5.20. The van der Waals surface area contributed by atoms with Gasteiger partial charge in [-0.1, -0.05) is 39.8 Å². The summed E-state index contributed by atoms with van der Waals surface area (Å²) in [4.78, 5) is 11.3. The Morgan fingerprint density at radius 3 is 2.28 bits per heavy atom. The molecular formula is C15H22O3. The number of rotatable bonds is 5. The van der Waals surface area contributed by atoms with E-state index in [0.29, 0.717) is 12.4 Å². The van der Waals surface area contributed by atoms with Crippen molar-refractivity contribution < 1.29 is 14.3 Å². The molecule has 1 rings (SSSR count). The van der Waals surface area contributed by atoms with Crippen LogP contribution in [0.1, 0.15) is 39.7 Å². The first kappa shape index (κ1) is 14.6. The van der Waals surface area contributed by atoms with Crippen LogP contribution in [0.2, 0.25) is 0 Å². The Hall–Kier alpha value is -1.51. The minimum absolute atomic E-state index is 0.0329. The molecule has 0 saturated carbocycles. The van der Waals surface area contributed by atoms with Crippen molar-refractivity contribution in [3.63, 3.8) is 0 Å². The minimum atomic E-state index is -0.322. The maximum atomic E-state index is 11.3. The highest BCUT2D eigenvalue weighted by atomic mass is 16.6. The average molecular weight is 250 g/mol. The van der Waals surface area contributed by atoms with E-state index in [0.717, 1.165) is 6.42 Å². The second kappa shape index (κ2) is 6.43. The Morgan fingerprint density at radius 1 is 1.17 bits per heavy atom. The summed E-state index contributed by atoms with van der Waals surface area (Å²) in [5.41, 5.74) is 1.36. The molecule has 0 fully saturated rings. The van der Waals surface area contributed by atoms with Gasteiger partial charge in [0.25, 0.3) is 0 Å². The summed E-state index contributed by atoms with van der Waals surface area (Å²) in [6.45, 7) is 8.85. The van der Waals surface area contributed by atoms with Crippen LogP contribution in [0.25, 0.3) is 0 Å². The van der Waals surface area contributed by atoms with Gasteiger partial charge in [0, 0.05) is 0 Å². The van der Waals surface area contributed by atoms with E-state index in [1.807, 2.05) is 31.2 Å². The molecule has 1 aromatic rings. The van der Waals surface area contributed by atoms with Crippen molar-refractivity contribution in [3.05, 3.63) is 29.8 Å². The molecule has 0 radical (unpaired) electrons. The fourth-order valence-corrected chi connectivity index (χ4v) is 1.45. The van der Waals surface area contributed by atoms with E-state index in [9.17, 15) is 4.79 Å². The smallest absolute Gasteiger partial charge is 0.344 e. The molecule has 0 aliphatic rings. The fraction of sp³-hybridized carbons (Fsp3) is 0.533. The topological polar surface area (TPSA) is 35.5 Å². The first-order valence-corrected chi connectivity index (χ1v) is 6.32. The first-order chi connectivity index (χ1) is 8.43. The lowest BCUT2D eigenvalue weighted by Gasteiger charge is -2.19. The fourth-order valence-electron chi connectivity index (χ4n) is 1.45. The zero-order valence-corrected chi connectivity index (χ0v) is 11.7. The standard InChI is InChI=1S/C15H22O3/c1-5-10-17-14(16)11-18-13-8-6-12(7-9-13)15(2,3)4/h6-9H,5,10-11H2,1-4H3. The Balaban J connectivity index is 2.47. The molecule has 3 heteroatoms. The van der Waals surface area contributed by atoms with Gasteiger partial charge in [-0.25, -0.2) is 4.79 Å². The normalized spacial score (nSPS) is 11.1. The van der Waals surface area contributed by atoms with E-state index in [-0.39, 0.29) is 18.0 Å². The van der Waals surface area contributed by atoms with Gasteiger partial charge in [0.2, 0.25) is 0 Å². The third-order valence-corrected chi connectivity index (χ3v) is 2.54. The van der Waals surface area contributed by atoms with Crippen molar-refractivity contribution in [1.82, 2.24) is 0 Å². The predicted molar refractivity (Wildman–Crippen MR) is 71.9 cm³/mol. The van der Waals surface area contributed by atoms with Crippen molar-refractivity contribution in [2.24, 2.45) is 0 Å². The van der Waals surface area contributed by atoms with Crippen LogP contribution in [0.15, 0.2) is 24.3 Å². The summed E-state index contributed by atoms with van der Waals surface area (Å²) in [5.74, 6) is 0.369. The van der Waals surface area contributed by atoms with Gasteiger partial charge < -0.3 is 9.47 Å². The molecule has 0 unspecified atom stereocenters. The lowest BCUT2D eigenvalue weighted by molar-refractivity contribution is -0.146. The number of hydrogen-bond acceptors (Lipinski definition) is 3. The van der Waals surface area contributed by atoms with Gasteiger partial charge in [0.15, 0.2) is 6.61 Å². The van der Waals surface area contributed by atoms with Crippen LogP contribution in [-0.2, 0) is 14.9 Å². The molecule has 0 aromatic heterocycles. The first-order valence-electron chi connectivity index (χ1n) is 6.32. The lowest BCUT2D eigenvalue weighted by Crippen LogP contribution is -2.15. The molecule has 0 bridgehead atoms. The highest BCUT2D eigenvalue weighted by Crippen LogP contribution is 2.24. The number of esters is 1. The minimum Gasteiger partial charge on any atom is -0.482 e. The van der Waals surface area contributed by atoms with Gasteiger partial charge >= 0.3 is 5.97 Å². The molecule has 0 saturated heterocycles. The molecule has 0 N–H and O–H groups in total. The van der Waals surface area contributed by atoms with Crippen molar-refractivity contribution >= 4 is 5.97 Å². The van der Waals surface area contributed by atoms with Crippen LogP contribution in [0.5, 0.6) is 5.75 Å². The zero-order chi connectivity index (χ0) is 13.6. The second-order valence-electron chi connectivity index (χ2n) is 5.28. The summed E-state index contributed by atoms with van der Waals surface area (Å²) in [7, 11) is 0. The van der Waals surface area contributed by atoms with Crippen molar-refractivity contribution in [3.8, 4) is 5.75 Å². The number of carbonyl (C=O) groups excluding carboxylic acids is 1. The molecule has 100 valence electrons. The average Bonchev–Trinajstić information content (AvgIpc) is 2.33. The molecule has 0 amide bonds. The summed E-state index contributed by atoms with van der Waals surface area (Å²) in [6.07, 6.45) is 0.825. The highest BCUT2D eigenvalue weighted by Gasteiger charge is 2.13. The molecule has 1 aromatic carbocycles. The molecule has 0 spiro atoms. The summed E-state index contributed by atoms with van der Waals surface area (Å²) < 4.78 is 10.3. The van der Waals surface area contributed by atoms with Crippen LogP contribution < -0.4 is 4.74 Å². The number of carbonyl (C=O) groups is 1. The maximum Gasteiger partial charge on any atom is 0.344 e. The molecule has 3 nitrogen and oxygen atoms in total. The highest BCUT2D eigenvalue weighted by molar-refractivity contribution is 5.71. The molecular weight excluding hydrogens is 228 g/mol. The quantitative estimate of drug-likeness (QED) is 0.752. The third kappa shape index (κ3) is 4.78. The molecule has 0 heterocycles. The van der Waals surface area contributed by atoms with E-state index < -0.39 is 0 Å². The van der Waals surface area contributed by atoms with E-state index in [1.54, 1.807) is 0 Å². The molecule has 18 heavy (non-hydrogen) atoms. The summed E-state index contributed by atoms with van der Waals surface area (Å²) >= 11 is 0. The second-order valence-corrected chi connectivity index (χ2v) is 5.28. The molecule has 0 aliphatic heterocycles. The summed E-state index contributed by atoms with van der Waals surface area (Å²) in [6, 6.07) is 7.81. The zero-order valence-electron chi connectivity index (χ0n) is 11.7. The largest absolute Gasteiger partial charge is 0.482 e. The molecule has 0 aliphatic carbocycles. The van der Waals surface area contributed by atoms with Gasteiger partial charge in [0.1, 0.15) is 5.75 Å². The van der Waals surface area contributed by atoms with E-state index in [2.05, 4.69) is 20.8 Å². The third-order valence-electron chi connectivity index (χ3n) is 2.54. The van der Waals surface area contributed by atoms with E-state index in [4.69, 9.17) is 9.47 Å². The van der Waals surface area contributed by atoms with Gasteiger partial charge in [-0.15, -0.1) is 0 Å². The van der Waals surface area contributed by atoms with Crippen LogP contribution in [0.4, 0.5) is 0 Å². The van der Waals surface area contributed by atoms with Crippen LogP contribution in [-0.4, -0.2) is 19.2 Å². The summed E-state index contributed by atoms with van der Waals surface area (Å²) in [5, 5.41) is 0. The SMILES string of the molecule is CCCOC(=O)COc1ccc(C(C)(C)C)cc1. The maximum absolute atomic E-state index is 11.3. The number of hydrogen-bond donors (Lipinski definition) is 0. The van der Waals surface area contributed by atoms with Crippen molar-refractivity contribution in [1.29, 1.82) is 0 Å². The Bertz CT molecular complexity index is 374. The monoisotopic (exact) mass is 250 g/mol. The van der Waals surface area contributed by atoms with Crippen molar-refractivity contribution in [2.75, 3.05) is 13.2 Å². The van der Waals surface area contributed by atoms with Crippen LogP contribution >= 0.6 is 0 Å². The molecule has 0 atom stereocenters. The van der Waals surface area contributed by atoms with Gasteiger partial charge in [-0.2, -0.15) is 0 Å². The number of ether oxygens (including phenoxy) is 2. The number of benzene rings is 1. The van der Waals surface area contributed by atoms with Crippen LogP contribution in [0.3, 0.4) is 0 Å². The van der Waals surface area contributed by atoms with Gasteiger partial charge in [0.05, 0.1) is 6.61 Å². The van der Waals surface area contributed by atoms with E-state index >= 15 is 0 Å². The van der Waals surface area contributed by atoms with Gasteiger partial charge in [-0.05, 0) is 29.5 Å². The van der Waals surface area contributed by atoms with Crippen LogP contribution in [0, 0.1) is 0 Å².